The molecule has 2 aromatic rings. The van der Waals surface area contributed by atoms with Crippen LogP contribution in [0.2, 0.25) is 0 Å². The van der Waals surface area contributed by atoms with Gasteiger partial charge in [0.15, 0.2) is 0 Å². The Morgan fingerprint density at radius 3 is 2.25 bits per heavy atom. The minimum atomic E-state index is -3.66. The predicted octanol–water partition coefficient (Wildman–Crippen LogP) is 3.26. The zero-order valence-electron chi connectivity index (χ0n) is 14.0. The lowest BCUT2D eigenvalue weighted by atomic mass is 10.0. The van der Waals surface area contributed by atoms with Crippen LogP contribution in [0.3, 0.4) is 0 Å². The van der Waals surface area contributed by atoms with Crippen molar-refractivity contribution in [3.8, 4) is 0 Å². The Hall–Kier alpha value is -2.34. The van der Waals surface area contributed by atoms with E-state index in [-0.39, 0.29) is 10.9 Å². The van der Waals surface area contributed by atoms with Crippen LogP contribution in [0, 0.1) is 0 Å². The molecule has 0 bridgehead atoms. The van der Waals surface area contributed by atoms with Crippen molar-refractivity contribution in [2.24, 2.45) is 5.10 Å². The van der Waals surface area contributed by atoms with Gasteiger partial charge in [0.25, 0.3) is 10.0 Å². The molecule has 0 amide bonds. The Balaban J connectivity index is 1.97. The molecule has 0 aromatic heterocycles. The molecule has 6 heteroatoms. The molecule has 1 aliphatic rings. The van der Waals surface area contributed by atoms with Crippen molar-refractivity contribution < 1.29 is 8.42 Å². The SMILES string of the molecule is CC1=NN(S(=O)(=O)c2ccccc2)[C@H](c2ccc(N(C)C)cc2)C1. The number of hydrogen-bond acceptors (Lipinski definition) is 4. The van der Waals surface area contributed by atoms with Gasteiger partial charge in [-0.25, -0.2) is 0 Å². The third kappa shape index (κ3) is 3.01. The molecular weight excluding hydrogens is 322 g/mol. The van der Waals surface area contributed by atoms with E-state index in [2.05, 4.69) is 5.10 Å². The number of nitrogens with zero attached hydrogens (tertiary/aromatic N) is 3. The van der Waals surface area contributed by atoms with Gasteiger partial charge in [0.2, 0.25) is 0 Å². The first-order chi connectivity index (χ1) is 11.4. The summed E-state index contributed by atoms with van der Waals surface area (Å²) in [5.74, 6) is 0. The summed E-state index contributed by atoms with van der Waals surface area (Å²) in [5, 5.41) is 4.30. The first-order valence-electron chi connectivity index (χ1n) is 7.80. The number of rotatable bonds is 4. The number of benzene rings is 2. The van der Waals surface area contributed by atoms with Crippen LogP contribution < -0.4 is 4.90 Å². The molecule has 0 spiro atoms. The van der Waals surface area contributed by atoms with Gasteiger partial charge in [-0.05, 0) is 36.8 Å². The standard InChI is InChI=1S/C18H21N3O2S/c1-14-13-18(15-9-11-16(12-10-15)20(2)3)21(19-14)24(22,23)17-7-5-4-6-8-17/h4-12,18H,13H2,1-3H3/t18-/m0/s1. The van der Waals surface area contributed by atoms with Crippen LogP contribution in [0.1, 0.15) is 24.9 Å². The van der Waals surface area contributed by atoms with E-state index < -0.39 is 10.0 Å². The minimum absolute atomic E-state index is 0.262. The lowest BCUT2D eigenvalue weighted by molar-refractivity contribution is 0.371. The molecule has 0 fully saturated rings. The van der Waals surface area contributed by atoms with Gasteiger partial charge in [-0.2, -0.15) is 17.9 Å². The molecule has 2 aromatic carbocycles. The molecule has 1 heterocycles. The van der Waals surface area contributed by atoms with Gasteiger partial charge in [-0.15, -0.1) is 0 Å². The molecule has 24 heavy (non-hydrogen) atoms. The second-order valence-corrected chi connectivity index (χ2v) is 7.93. The Morgan fingerprint density at radius 1 is 1.04 bits per heavy atom. The first-order valence-corrected chi connectivity index (χ1v) is 9.24. The first kappa shape index (κ1) is 16.5. The normalized spacial score (nSPS) is 17.7. The fourth-order valence-corrected chi connectivity index (χ4v) is 4.29. The summed E-state index contributed by atoms with van der Waals surface area (Å²) in [5.41, 5.74) is 2.84. The van der Waals surface area contributed by atoms with Crippen molar-refractivity contribution in [3.63, 3.8) is 0 Å². The zero-order valence-corrected chi connectivity index (χ0v) is 14.9. The van der Waals surface area contributed by atoms with Crippen LogP contribution in [0.15, 0.2) is 64.6 Å². The van der Waals surface area contributed by atoms with Gasteiger partial charge >= 0.3 is 0 Å². The van der Waals surface area contributed by atoms with Gasteiger partial charge in [-0.3, -0.25) is 0 Å². The van der Waals surface area contributed by atoms with E-state index in [1.54, 1.807) is 30.3 Å². The van der Waals surface area contributed by atoms with Crippen molar-refractivity contribution in [2.75, 3.05) is 19.0 Å². The van der Waals surface area contributed by atoms with Crippen LogP contribution in [0.4, 0.5) is 5.69 Å². The molecule has 0 saturated heterocycles. The van der Waals surface area contributed by atoms with Gasteiger partial charge in [-0.1, -0.05) is 30.3 Å². The highest BCUT2D eigenvalue weighted by molar-refractivity contribution is 7.89. The van der Waals surface area contributed by atoms with Crippen LogP contribution in [0.5, 0.6) is 0 Å². The van der Waals surface area contributed by atoms with E-state index in [1.807, 2.05) is 50.2 Å². The highest BCUT2D eigenvalue weighted by Gasteiger charge is 2.35. The maximum atomic E-state index is 12.9. The van der Waals surface area contributed by atoms with Crippen LogP contribution in [0.25, 0.3) is 0 Å². The molecular formula is C18H21N3O2S. The molecule has 0 N–H and O–H groups in total. The molecule has 0 unspecified atom stereocenters. The smallest absolute Gasteiger partial charge is 0.279 e. The average molecular weight is 343 g/mol. The third-order valence-electron chi connectivity index (χ3n) is 4.11. The average Bonchev–Trinajstić information content (AvgIpc) is 2.98. The van der Waals surface area contributed by atoms with Crippen LogP contribution in [-0.4, -0.2) is 32.6 Å². The van der Waals surface area contributed by atoms with Crippen molar-refractivity contribution in [2.45, 2.75) is 24.3 Å². The second kappa shape index (κ2) is 6.28. The largest absolute Gasteiger partial charge is 0.378 e. The number of hydrogen-bond donors (Lipinski definition) is 0. The van der Waals surface area contributed by atoms with E-state index in [0.29, 0.717) is 6.42 Å². The molecule has 0 saturated carbocycles. The molecule has 126 valence electrons. The number of hydrazone groups is 1. The van der Waals surface area contributed by atoms with Crippen molar-refractivity contribution >= 4 is 21.4 Å². The summed E-state index contributed by atoms with van der Waals surface area (Å²) >= 11 is 0. The summed E-state index contributed by atoms with van der Waals surface area (Å²) in [6.07, 6.45) is 0.605. The molecule has 1 aliphatic heterocycles. The molecule has 5 nitrogen and oxygen atoms in total. The van der Waals surface area contributed by atoms with Crippen molar-refractivity contribution in [1.82, 2.24) is 4.41 Å². The zero-order chi connectivity index (χ0) is 17.3. The predicted molar refractivity (Wildman–Crippen MR) is 96.7 cm³/mol. The minimum Gasteiger partial charge on any atom is -0.378 e. The Bertz CT molecular complexity index is 844. The maximum absolute atomic E-state index is 12.9. The summed E-state index contributed by atoms with van der Waals surface area (Å²) in [6.45, 7) is 1.86. The van der Waals surface area contributed by atoms with Gasteiger partial charge in [0, 0.05) is 31.9 Å². The lowest BCUT2D eigenvalue weighted by Gasteiger charge is -2.24. The molecule has 0 radical (unpaired) electrons. The summed E-state index contributed by atoms with van der Waals surface area (Å²) < 4.78 is 27.2. The van der Waals surface area contributed by atoms with E-state index in [1.165, 1.54) is 4.41 Å². The number of sulfonamides is 1. The van der Waals surface area contributed by atoms with Gasteiger partial charge in [0.1, 0.15) is 0 Å². The lowest BCUT2D eigenvalue weighted by Crippen LogP contribution is -2.27. The summed E-state index contributed by atoms with van der Waals surface area (Å²) in [4.78, 5) is 2.27. The van der Waals surface area contributed by atoms with Gasteiger partial charge in [0.05, 0.1) is 10.9 Å². The van der Waals surface area contributed by atoms with E-state index in [4.69, 9.17) is 0 Å². The van der Waals surface area contributed by atoms with E-state index in [0.717, 1.165) is 17.0 Å². The second-order valence-electron chi connectivity index (χ2n) is 6.13. The highest BCUT2D eigenvalue weighted by Crippen LogP contribution is 2.36. The van der Waals surface area contributed by atoms with E-state index in [9.17, 15) is 8.42 Å². The monoisotopic (exact) mass is 343 g/mol. The summed E-state index contributed by atoms with van der Waals surface area (Å²) in [7, 11) is 0.292. The van der Waals surface area contributed by atoms with Crippen molar-refractivity contribution in [3.05, 3.63) is 60.2 Å². The Kier molecular flexibility index (Phi) is 4.32. The van der Waals surface area contributed by atoms with Crippen LogP contribution in [-0.2, 0) is 10.0 Å². The van der Waals surface area contributed by atoms with E-state index >= 15 is 0 Å². The molecule has 0 aliphatic carbocycles. The summed E-state index contributed by atoms with van der Waals surface area (Å²) in [6, 6.07) is 16.1. The fraction of sp³-hybridized carbons (Fsp3) is 0.278. The quantitative estimate of drug-likeness (QED) is 0.856. The Morgan fingerprint density at radius 2 is 1.67 bits per heavy atom. The Labute approximate surface area is 143 Å². The third-order valence-corrected chi connectivity index (χ3v) is 5.80. The number of anilines is 1. The van der Waals surface area contributed by atoms with Gasteiger partial charge < -0.3 is 4.90 Å². The fourth-order valence-electron chi connectivity index (χ4n) is 2.80. The topological polar surface area (TPSA) is 53.0 Å². The molecule has 1 atom stereocenters. The maximum Gasteiger partial charge on any atom is 0.279 e. The highest BCUT2D eigenvalue weighted by atomic mass is 32.2. The molecule has 3 rings (SSSR count). The van der Waals surface area contributed by atoms with Crippen molar-refractivity contribution in [1.29, 1.82) is 0 Å². The van der Waals surface area contributed by atoms with Crippen LogP contribution >= 0.6 is 0 Å².